The van der Waals surface area contributed by atoms with Gasteiger partial charge in [-0.15, -0.1) is 0 Å². The van der Waals surface area contributed by atoms with Crippen molar-refractivity contribution in [2.24, 2.45) is 0 Å². The Kier molecular flexibility index (Phi) is 3.64. The molecule has 0 fully saturated rings. The molecule has 1 aromatic carbocycles. The molecule has 86 valence electrons. The molecular weight excluding hydrogens is 266 g/mol. The van der Waals surface area contributed by atoms with Gasteiger partial charge in [-0.2, -0.15) is 0 Å². The highest BCUT2D eigenvalue weighted by atomic mass is 79.9. The fourth-order valence-electron chi connectivity index (χ4n) is 2.18. The van der Waals surface area contributed by atoms with Crippen molar-refractivity contribution in [1.29, 1.82) is 0 Å². The average Bonchev–Trinajstić information content (AvgIpc) is 2.56. The summed E-state index contributed by atoms with van der Waals surface area (Å²) in [6.07, 6.45) is 4.48. The Morgan fingerprint density at radius 3 is 2.94 bits per heavy atom. The van der Waals surface area contributed by atoms with E-state index in [0.717, 1.165) is 28.6 Å². The first-order valence-electron chi connectivity index (χ1n) is 5.82. The number of nitrogens with one attached hydrogen (secondary N) is 1. The lowest BCUT2D eigenvalue weighted by Crippen LogP contribution is -2.11. The molecule has 0 saturated heterocycles. The molecule has 1 aliphatic rings. The molecular formula is C13H16BrNO. The SMILES string of the molecule is CCCCCC1C(=O)Nc2ccc(Br)cc21. The Morgan fingerprint density at radius 2 is 2.19 bits per heavy atom. The number of fused-ring (bicyclic) bond motifs is 1. The van der Waals surface area contributed by atoms with E-state index >= 15 is 0 Å². The van der Waals surface area contributed by atoms with Crippen LogP contribution >= 0.6 is 15.9 Å². The fourth-order valence-corrected chi connectivity index (χ4v) is 2.56. The van der Waals surface area contributed by atoms with Gasteiger partial charge in [0.05, 0.1) is 5.92 Å². The standard InChI is InChI=1S/C13H16BrNO/c1-2-3-4-5-10-11-8-9(14)6-7-12(11)15-13(10)16/h6-8,10H,2-5H2,1H3,(H,15,16). The van der Waals surface area contributed by atoms with Crippen molar-refractivity contribution in [3.8, 4) is 0 Å². The Bertz CT molecular complexity index is 403. The van der Waals surface area contributed by atoms with Crippen molar-refractivity contribution in [3.05, 3.63) is 28.2 Å². The minimum absolute atomic E-state index is 0.0547. The Hall–Kier alpha value is -0.830. The summed E-state index contributed by atoms with van der Waals surface area (Å²) in [4.78, 5) is 11.8. The van der Waals surface area contributed by atoms with Crippen LogP contribution in [0.5, 0.6) is 0 Å². The van der Waals surface area contributed by atoms with E-state index in [-0.39, 0.29) is 11.8 Å². The molecule has 0 bridgehead atoms. The molecule has 1 aliphatic heterocycles. The van der Waals surface area contributed by atoms with Crippen molar-refractivity contribution >= 4 is 27.5 Å². The minimum Gasteiger partial charge on any atom is -0.325 e. The number of carbonyl (C=O) groups excluding carboxylic acids is 1. The zero-order chi connectivity index (χ0) is 11.5. The molecule has 1 amide bonds. The number of amides is 1. The summed E-state index contributed by atoms with van der Waals surface area (Å²) in [7, 11) is 0. The summed E-state index contributed by atoms with van der Waals surface area (Å²) < 4.78 is 1.04. The van der Waals surface area contributed by atoms with E-state index in [0.29, 0.717) is 0 Å². The van der Waals surface area contributed by atoms with Crippen molar-refractivity contribution in [2.75, 3.05) is 5.32 Å². The molecule has 0 radical (unpaired) electrons. The molecule has 2 rings (SSSR count). The van der Waals surface area contributed by atoms with Crippen LogP contribution in [0.2, 0.25) is 0 Å². The number of rotatable bonds is 4. The summed E-state index contributed by atoms with van der Waals surface area (Å²) in [5, 5.41) is 2.94. The first-order valence-corrected chi connectivity index (χ1v) is 6.62. The second kappa shape index (κ2) is 5.00. The van der Waals surface area contributed by atoms with Crippen LogP contribution in [-0.2, 0) is 4.79 Å². The zero-order valence-corrected chi connectivity index (χ0v) is 11.0. The van der Waals surface area contributed by atoms with Gasteiger partial charge in [-0.3, -0.25) is 4.79 Å². The third kappa shape index (κ3) is 2.29. The van der Waals surface area contributed by atoms with Gasteiger partial charge in [0, 0.05) is 10.2 Å². The predicted molar refractivity (Wildman–Crippen MR) is 69.7 cm³/mol. The molecule has 1 aromatic rings. The van der Waals surface area contributed by atoms with Gasteiger partial charge in [0.1, 0.15) is 0 Å². The number of unbranched alkanes of at least 4 members (excludes halogenated alkanes) is 2. The van der Waals surface area contributed by atoms with Gasteiger partial charge in [-0.05, 0) is 30.2 Å². The largest absolute Gasteiger partial charge is 0.325 e. The van der Waals surface area contributed by atoms with Crippen molar-refractivity contribution in [1.82, 2.24) is 0 Å². The van der Waals surface area contributed by atoms with Crippen LogP contribution in [-0.4, -0.2) is 5.91 Å². The van der Waals surface area contributed by atoms with Gasteiger partial charge < -0.3 is 5.32 Å². The predicted octanol–water partition coefficient (Wildman–Crippen LogP) is 4.07. The lowest BCUT2D eigenvalue weighted by molar-refractivity contribution is -0.117. The molecule has 2 nitrogen and oxygen atoms in total. The van der Waals surface area contributed by atoms with Crippen LogP contribution in [0.1, 0.15) is 44.1 Å². The number of benzene rings is 1. The quantitative estimate of drug-likeness (QED) is 0.829. The highest BCUT2D eigenvalue weighted by Crippen LogP contribution is 2.37. The highest BCUT2D eigenvalue weighted by molar-refractivity contribution is 9.10. The summed E-state index contributed by atoms with van der Waals surface area (Å²) >= 11 is 3.46. The number of hydrogen-bond donors (Lipinski definition) is 1. The van der Waals surface area contributed by atoms with E-state index in [1.807, 2.05) is 12.1 Å². The minimum atomic E-state index is 0.0547. The molecule has 0 saturated carbocycles. The van der Waals surface area contributed by atoms with Crippen LogP contribution in [0, 0.1) is 0 Å². The maximum atomic E-state index is 11.8. The fraction of sp³-hybridized carbons (Fsp3) is 0.462. The van der Waals surface area contributed by atoms with Gasteiger partial charge in [0.25, 0.3) is 0 Å². The van der Waals surface area contributed by atoms with E-state index in [1.165, 1.54) is 12.8 Å². The number of hydrogen-bond acceptors (Lipinski definition) is 1. The van der Waals surface area contributed by atoms with Crippen LogP contribution in [0.3, 0.4) is 0 Å². The summed E-state index contributed by atoms with van der Waals surface area (Å²) in [5.41, 5.74) is 2.13. The molecule has 0 aromatic heterocycles. The zero-order valence-electron chi connectivity index (χ0n) is 9.42. The molecule has 1 atom stereocenters. The lowest BCUT2D eigenvalue weighted by atomic mass is 9.95. The molecule has 1 heterocycles. The third-order valence-corrected chi connectivity index (χ3v) is 3.55. The van der Waals surface area contributed by atoms with E-state index in [1.54, 1.807) is 0 Å². The van der Waals surface area contributed by atoms with Crippen molar-refractivity contribution < 1.29 is 4.79 Å². The van der Waals surface area contributed by atoms with E-state index in [2.05, 4.69) is 34.2 Å². The van der Waals surface area contributed by atoms with Gasteiger partial charge in [-0.25, -0.2) is 0 Å². The van der Waals surface area contributed by atoms with Gasteiger partial charge in [-0.1, -0.05) is 42.1 Å². The normalized spacial score (nSPS) is 18.4. The Morgan fingerprint density at radius 1 is 1.38 bits per heavy atom. The molecule has 0 spiro atoms. The summed E-state index contributed by atoms with van der Waals surface area (Å²) in [6.45, 7) is 2.18. The summed E-state index contributed by atoms with van der Waals surface area (Å²) in [5.74, 6) is 0.211. The summed E-state index contributed by atoms with van der Waals surface area (Å²) in [6, 6.07) is 5.99. The number of carbonyl (C=O) groups is 1. The second-order valence-electron chi connectivity index (χ2n) is 4.27. The van der Waals surface area contributed by atoms with E-state index in [9.17, 15) is 4.79 Å². The molecule has 1 N–H and O–H groups in total. The number of anilines is 1. The monoisotopic (exact) mass is 281 g/mol. The van der Waals surface area contributed by atoms with Crippen LogP contribution < -0.4 is 5.32 Å². The molecule has 3 heteroatoms. The van der Waals surface area contributed by atoms with Gasteiger partial charge >= 0.3 is 0 Å². The van der Waals surface area contributed by atoms with Crippen LogP contribution in [0.25, 0.3) is 0 Å². The lowest BCUT2D eigenvalue weighted by Gasteiger charge is -2.08. The van der Waals surface area contributed by atoms with Crippen LogP contribution in [0.4, 0.5) is 5.69 Å². The number of halogens is 1. The third-order valence-electron chi connectivity index (χ3n) is 3.06. The van der Waals surface area contributed by atoms with E-state index in [4.69, 9.17) is 0 Å². The second-order valence-corrected chi connectivity index (χ2v) is 5.18. The molecule has 0 aliphatic carbocycles. The molecule has 1 unspecified atom stereocenters. The topological polar surface area (TPSA) is 29.1 Å². The van der Waals surface area contributed by atoms with E-state index < -0.39 is 0 Å². The maximum Gasteiger partial charge on any atom is 0.232 e. The molecule has 16 heavy (non-hydrogen) atoms. The Balaban J connectivity index is 2.15. The van der Waals surface area contributed by atoms with Crippen molar-refractivity contribution in [3.63, 3.8) is 0 Å². The van der Waals surface area contributed by atoms with Gasteiger partial charge in [0.15, 0.2) is 0 Å². The Labute approximate surface area is 105 Å². The van der Waals surface area contributed by atoms with Crippen molar-refractivity contribution in [2.45, 2.75) is 38.5 Å². The smallest absolute Gasteiger partial charge is 0.232 e. The average molecular weight is 282 g/mol. The highest BCUT2D eigenvalue weighted by Gasteiger charge is 2.29. The van der Waals surface area contributed by atoms with Crippen LogP contribution in [0.15, 0.2) is 22.7 Å². The first kappa shape index (κ1) is 11.6. The first-order chi connectivity index (χ1) is 7.72. The van der Waals surface area contributed by atoms with Gasteiger partial charge in [0.2, 0.25) is 5.91 Å². The maximum absolute atomic E-state index is 11.8.